The molecule has 0 amide bonds. The summed E-state index contributed by atoms with van der Waals surface area (Å²) in [5.41, 5.74) is 1.52. The number of nitrogens with one attached hydrogen (secondary N) is 1. The Morgan fingerprint density at radius 1 is 1.25 bits per heavy atom. The molecule has 1 aliphatic carbocycles. The zero-order valence-corrected chi connectivity index (χ0v) is 13.7. The summed E-state index contributed by atoms with van der Waals surface area (Å²) in [7, 11) is 0. The van der Waals surface area contributed by atoms with E-state index in [1.165, 1.54) is 12.8 Å². The monoisotopic (exact) mass is 322 g/mol. The molecule has 4 rings (SSSR count). The van der Waals surface area contributed by atoms with Crippen LogP contribution < -0.4 is 10.1 Å². The predicted octanol–water partition coefficient (Wildman–Crippen LogP) is 2.90. The number of nitrogens with zero attached hydrogens (tertiary/aromatic N) is 3. The summed E-state index contributed by atoms with van der Waals surface area (Å²) in [6.07, 6.45) is 8.47. The average molecular weight is 322 g/mol. The average Bonchev–Trinajstić information content (AvgIpc) is 3.16. The Hall–Kier alpha value is -2.32. The molecule has 0 radical (unpaired) electrons. The molecule has 0 spiro atoms. The van der Waals surface area contributed by atoms with Crippen molar-refractivity contribution in [3.8, 4) is 17.5 Å². The van der Waals surface area contributed by atoms with Crippen molar-refractivity contribution in [2.75, 3.05) is 13.1 Å². The Kier molecular flexibility index (Phi) is 4.22. The molecule has 1 aromatic heterocycles. The van der Waals surface area contributed by atoms with Crippen molar-refractivity contribution < 1.29 is 4.74 Å². The lowest BCUT2D eigenvalue weighted by atomic mass is 9.74. The van der Waals surface area contributed by atoms with Crippen LogP contribution in [0.15, 0.2) is 36.7 Å². The summed E-state index contributed by atoms with van der Waals surface area (Å²) in [6.45, 7) is 2.27. The second-order valence-electron chi connectivity index (χ2n) is 6.81. The Balaban J connectivity index is 1.53. The molecule has 5 heteroatoms. The van der Waals surface area contributed by atoms with Crippen LogP contribution in [0.3, 0.4) is 0 Å². The van der Waals surface area contributed by atoms with E-state index in [9.17, 15) is 5.26 Å². The van der Waals surface area contributed by atoms with Gasteiger partial charge in [0.1, 0.15) is 11.8 Å². The second-order valence-corrected chi connectivity index (χ2v) is 6.81. The molecule has 3 atom stereocenters. The number of ether oxygens (including phenoxy) is 1. The zero-order chi connectivity index (χ0) is 16.4. The fourth-order valence-electron chi connectivity index (χ4n) is 4.03. The number of piperidine rings is 1. The van der Waals surface area contributed by atoms with Gasteiger partial charge in [0.05, 0.1) is 17.4 Å². The summed E-state index contributed by atoms with van der Waals surface area (Å²) in [4.78, 5) is 0. The van der Waals surface area contributed by atoms with Gasteiger partial charge in [-0.2, -0.15) is 10.4 Å². The van der Waals surface area contributed by atoms with Crippen LogP contribution in [0.5, 0.6) is 5.75 Å². The van der Waals surface area contributed by atoms with Crippen LogP contribution in [-0.2, 0) is 0 Å². The van der Waals surface area contributed by atoms with E-state index >= 15 is 0 Å². The number of nitriles is 1. The predicted molar refractivity (Wildman–Crippen MR) is 91.0 cm³/mol. The van der Waals surface area contributed by atoms with E-state index in [-0.39, 0.29) is 6.10 Å². The van der Waals surface area contributed by atoms with Gasteiger partial charge in [0.25, 0.3) is 0 Å². The Morgan fingerprint density at radius 3 is 3.04 bits per heavy atom. The second kappa shape index (κ2) is 6.66. The maximum absolute atomic E-state index is 9.40. The van der Waals surface area contributed by atoms with Crippen molar-refractivity contribution in [2.24, 2.45) is 11.8 Å². The van der Waals surface area contributed by atoms with Gasteiger partial charge in [-0.15, -0.1) is 0 Å². The molecule has 5 nitrogen and oxygen atoms in total. The molecule has 2 aromatic rings. The van der Waals surface area contributed by atoms with Crippen molar-refractivity contribution in [2.45, 2.75) is 31.8 Å². The lowest BCUT2D eigenvalue weighted by molar-refractivity contribution is 0.0710. The molecule has 1 aliphatic heterocycles. The fraction of sp³-hybridized carbons (Fsp3) is 0.474. The van der Waals surface area contributed by atoms with Crippen LogP contribution in [0.25, 0.3) is 5.69 Å². The highest BCUT2D eigenvalue weighted by atomic mass is 16.5. The molecular formula is C19H22N4O. The lowest BCUT2D eigenvalue weighted by Crippen LogP contribution is -2.42. The zero-order valence-electron chi connectivity index (χ0n) is 13.7. The number of hydrogen-bond acceptors (Lipinski definition) is 4. The van der Waals surface area contributed by atoms with Crippen LogP contribution in [0, 0.1) is 23.2 Å². The molecule has 2 fully saturated rings. The normalized spacial score (nSPS) is 26.4. The molecule has 124 valence electrons. The van der Waals surface area contributed by atoms with Crippen molar-refractivity contribution in [3.63, 3.8) is 0 Å². The summed E-state index contributed by atoms with van der Waals surface area (Å²) in [5.74, 6) is 2.23. The smallest absolute Gasteiger partial charge is 0.139 e. The third-order valence-electron chi connectivity index (χ3n) is 5.34. The SMILES string of the molecule is N#Cc1ccc(-n2cccn2)cc1OC1CCC2CNCCC2C1. The van der Waals surface area contributed by atoms with E-state index in [1.54, 1.807) is 10.9 Å². The van der Waals surface area contributed by atoms with Crippen LogP contribution in [0.1, 0.15) is 31.2 Å². The first-order valence-electron chi connectivity index (χ1n) is 8.75. The van der Waals surface area contributed by atoms with E-state index in [0.29, 0.717) is 11.3 Å². The third-order valence-corrected chi connectivity index (χ3v) is 5.34. The van der Waals surface area contributed by atoms with Crippen molar-refractivity contribution in [3.05, 3.63) is 42.2 Å². The van der Waals surface area contributed by atoms with Crippen LogP contribution in [-0.4, -0.2) is 29.0 Å². The van der Waals surface area contributed by atoms with E-state index in [4.69, 9.17) is 4.74 Å². The van der Waals surface area contributed by atoms with Gasteiger partial charge < -0.3 is 10.1 Å². The molecule has 1 saturated carbocycles. The highest BCUT2D eigenvalue weighted by Crippen LogP contribution is 2.36. The first-order chi connectivity index (χ1) is 11.8. The number of fused-ring (bicyclic) bond motifs is 1. The number of aromatic nitrogens is 2. The highest BCUT2D eigenvalue weighted by Gasteiger charge is 2.33. The van der Waals surface area contributed by atoms with Gasteiger partial charge in [-0.05, 0) is 68.8 Å². The minimum absolute atomic E-state index is 0.212. The topological polar surface area (TPSA) is 62.9 Å². The maximum atomic E-state index is 9.40. The minimum Gasteiger partial charge on any atom is -0.489 e. The molecule has 1 N–H and O–H groups in total. The van der Waals surface area contributed by atoms with Crippen molar-refractivity contribution in [1.82, 2.24) is 15.1 Å². The quantitative estimate of drug-likeness (QED) is 0.944. The first kappa shape index (κ1) is 15.2. The number of hydrogen-bond donors (Lipinski definition) is 1. The molecule has 2 heterocycles. The first-order valence-corrected chi connectivity index (χ1v) is 8.75. The summed E-state index contributed by atoms with van der Waals surface area (Å²) >= 11 is 0. The van der Waals surface area contributed by atoms with Gasteiger partial charge >= 0.3 is 0 Å². The molecule has 0 bridgehead atoms. The van der Waals surface area contributed by atoms with Gasteiger partial charge in [0, 0.05) is 18.5 Å². The van der Waals surface area contributed by atoms with E-state index in [2.05, 4.69) is 16.5 Å². The Morgan fingerprint density at radius 2 is 2.21 bits per heavy atom. The van der Waals surface area contributed by atoms with E-state index in [1.807, 2.05) is 30.5 Å². The van der Waals surface area contributed by atoms with Crippen molar-refractivity contribution >= 4 is 0 Å². The van der Waals surface area contributed by atoms with Gasteiger partial charge in [-0.25, -0.2) is 4.68 Å². The standard InChI is InChI=1S/C19H22N4O/c20-12-15-2-4-17(23-9-1-7-22-23)11-19(15)24-18-5-3-16-13-21-8-6-14(16)10-18/h1-2,4,7,9,11,14,16,18,21H,3,5-6,8,10,13H2. The van der Waals surface area contributed by atoms with E-state index < -0.39 is 0 Å². The largest absolute Gasteiger partial charge is 0.489 e. The minimum atomic E-state index is 0.212. The summed E-state index contributed by atoms with van der Waals surface area (Å²) < 4.78 is 8.07. The lowest BCUT2D eigenvalue weighted by Gasteiger charge is -2.39. The highest BCUT2D eigenvalue weighted by molar-refractivity contribution is 5.50. The summed E-state index contributed by atoms with van der Waals surface area (Å²) in [6, 6.07) is 9.79. The van der Waals surface area contributed by atoms with Gasteiger partial charge in [-0.3, -0.25) is 0 Å². The molecule has 1 saturated heterocycles. The molecule has 1 aromatic carbocycles. The molecule has 2 aliphatic rings. The van der Waals surface area contributed by atoms with Gasteiger partial charge in [0.15, 0.2) is 0 Å². The van der Waals surface area contributed by atoms with Crippen LogP contribution in [0.2, 0.25) is 0 Å². The maximum Gasteiger partial charge on any atom is 0.139 e. The Bertz CT molecular complexity index is 734. The van der Waals surface area contributed by atoms with Gasteiger partial charge in [-0.1, -0.05) is 0 Å². The number of benzene rings is 1. The van der Waals surface area contributed by atoms with Crippen LogP contribution >= 0.6 is 0 Å². The van der Waals surface area contributed by atoms with Crippen LogP contribution in [0.4, 0.5) is 0 Å². The molecule has 24 heavy (non-hydrogen) atoms. The van der Waals surface area contributed by atoms with Crippen molar-refractivity contribution in [1.29, 1.82) is 5.26 Å². The Labute approximate surface area is 142 Å². The molecular weight excluding hydrogens is 300 g/mol. The third kappa shape index (κ3) is 3.02. The summed E-state index contributed by atoms with van der Waals surface area (Å²) in [5, 5.41) is 17.1. The molecule has 3 unspecified atom stereocenters. The number of rotatable bonds is 3. The van der Waals surface area contributed by atoms with Gasteiger partial charge in [0.2, 0.25) is 0 Å². The fourth-order valence-corrected chi connectivity index (χ4v) is 4.03. The van der Waals surface area contributed by atoms with E-state index in [0.717, 1.165) is 43.5 Å².